The number of aryl methyl sites for hydroxylation is 1. The lowest BCUT2D eigenvalue weighted by Gasteiger charge is -2.11. The fourth-order valence-corrected chi connectivity index (χ4v) is 4.16. The van der Waals surface area contributed by atoms with E-state index < -0.39 is 0 Å². The fourth-order valence-electron chi connectivity index (χ4n) is 3.34. The Balaban J connectivity index is 1.91. The quantitative estimate of drug-likeness (QED) is 0.294. The molecule has 4 aromatic rings. The SMILES string of the molecule is C/C(N)=C(/C#N)C(=O)CSc1nnc2n(-c3cccc(C)c3)c(=O)c3ccccc3n12. The van der Waals surface area contributed by atoms with Gasteiger partial charge in [0.1, 0.15) is 11.6 Å². The molecule has 0 radical (unpaired) electrons. The number of ketones is 1. The molecule has 31 heavy (non-hydrogen) atoms. The molecule has 0 aliphatic carbocycles. The van der Waals surface area contributed by atoms with Crippen molar-refractivity contribution in [1.29, 1.82) is 5.26 Å². The Morgan fingerprint density at radius 1 is 1.19 bits per heavy atom. The number of Topliss-reactive ketones (excluding diaryl/α,β-unsaturated/α-hetero) is 1. The summed E-state index contributed by atoms with van der Waals surface area (Å²) in [5.74, 6) is -0.0771. The zero-order valence-corrected chi connectivity index (χ0v) is 17.7. The van der Waals surface area contributed by atoms with E-state index in [1.54, 1.807) is 16.5 Å². The molecule has 0 fully saturated rings. The maximum atomic E-state index is 13.3. The van der Waals surface area contributed by atoms with Gasteiger partial charge in [0.05, 0.1) is 22.3 Å². The number of carbonyl (C=O) groups excluding carboxylic acids is 1. The Morgan fingerprint density at radius 2 is 1.97 bits per heavy atom. The van der Waals surface area contributed by atoms with Crippen molar-refractivity contribution in [3.05, 3.63) is 75.7 Å². The highest BCUT2D eigenvalue weighted by Crippen LogP contribution is 2.24. The maximum Gasteiger partial charge on any atom is 0.267 e. The number of carbonyl (C=O) groups is 1. The van der Waals surface area contributed by atoms with Gasteiger partial charge >= 0.3 is 0 Å². The van der Waals surface area contributed by atoms with Gasteiger partial charge < -0.3 is 5.73 Å². The summed E-state index contributed by atoms with van der Waals surface area (Å²) >= 11 is 1.14. The Bertz CT molecular complexity index is 1470. The number of allylic oxidation sites excluding steroid dienone is 2. The van der Waals surface area contributed by atoms with E-state index >= 15 is 0 Å². The molecule has 8 nitrogen and oxygen atoms in total. The van der Waals surface area contributed by atoms with E-state index in [0.29, 0.717) is 27.5 Å². The molecular formula is C22H18N6O2S. The Kier molecular flexibility index (Phi) is 5.31. The standard InChI is InChI=1S/C22H18N6O2S/c1-13-6-5-7-15(10-13)27-20(30)16-8-3-4-9-18(16)28-21(27)25-26-22(28)31-12-19(29)17(11-23)14(2)24/h3-10H,12,24H2,1-2H3/b17-14+. The van der Waals surface area contributed by atoms with Crippen molar-refractivity contribution in [2.75, 3.05) is 5.75 Å². The van der Waals surface area contributed by atoms with Crippen molar-refractivity contribution in [3.8, 4) is 11.8 Å². The highest BCUT2D eigenvalue weighted by atomic mass is 32.2. The summed E-state index contributed by atoms with van der Waals surface area (Å²) in [6, 6.07) is 16.6. The summed E-state index contributed by atoms with van der Waals surface area (Å²) < 4.78 is 3.26. The fraction of sp³-hybridized carbons (Fsp3) is 0.136. The minimum absolute atomic E-state index is 0.0316. The first-order valence-electron chi connectivity index (χ1n) is 9.40. The van der Waals surface area contributed by atoms with Crippen LogP contribution < -0.4 is 11.3 Å². The van der Waals surface area contributed by atoms with E-state index in [2.05, 4.69) is 10.2 Å². The van der Waals surface area contributed by atoms with Crippen LogP contribution in [0.15, 0.2) is 69.8 Å². The van der Waals surface area contributed by atoms with Gasteiger partial charge in [-0.05, 0) is 43.7 Å². The van der Waals surface area contributed by atoms with Gasteiger partial charge in [0, 0.05) is 5.70 Å². The number of nitrogens with zero attached hydrogens (tertiary/aromatic N) is 5. The largest absolute Gasteiger partial charge is 0.401 e. The molecule has 154 valence electrons. The molecule has 9 heteroatoms. The molecule has 0 amide bonds. The molecule has 0 atom stereocenters. The molecule has 0 saturated carbocycles. The first-order chi connectivity index (χ1) is 14.9. The van der Waals surface area contributed by atoms with E-state index in [4.69, 9.17) is 11.0 Å². The Hall–Kier alpha value is -3.90. The monoisotopic (exact) mass is 430 g/mol. The summed E-state index contributed by atoms with van der Waals surface area (Å²) in [7, 11) is 0. The first-order valence-corrected chi connectivity index (χ1v) is 10.4. The van der Waals surface area contributed by atoms with Gasteiger partial charge in [-0.1, -0.05) is 36.0 Å². The van der Waals surface area contributed by atoms with E-state index in [1.807, 2.05) is 49.4 Å². The first kappa shape index (κ1) is 20.4. The smallest absolute Gasteiger partial charge is 0.267 e. The third kappa shape index (κ3) is 3.58. The van der Waals surface area contributed by atoms with Gasteiger partial charge in [0.2, 0.25) is 5.78 Å². The van der Waals surface area contributed by atoms with Crippen LogP contribution in [0.2, 0.25) is 0 Å². The van der Waals surface area contributed by atoms with Gasteiger partial charge in [-0.25, -0.2) is 4.57 Å². The highest BCUT2D eigenvalue weighted by Gasteiger charge is 2.19. The van der Waals surface area contributed by atoms with Crippen LogP contribution in [0.25, 0.3) is 22.4 Å². The summed E-state index contributed by atoms with van der Waals surface area (Å²) in [6.07, 6.45) is 0. The van der Waals surface area contributed by atoms with Crippen LogP contribution in [0.3, 0.4) is 0 Å². The molecule has 2 N–H and O–H groups in total. The number of benzene rings is 2. The second-order valence-corrected chi connectivity index (χ2v) is 7.94. The van der Waals surface area contributed by atoms with Crippen LogP contribution in [0.1, 0.15) is 12.5 Å². The molecule has 4 rings (SSSR count). The number of fused-ring (bicyclic) bond motifs is 3. The van der Waals surface area contributed by atoms with Crippen molar-refractivity contribution in [2.45, 2.75) is 19.0 Å². The average Bonchev–Trinajstić information content (AvgIpc) is 3.16. The lowest BCUT2D eigenvalue weighted by molar-refractivity contribution is -0.112. The van der Waals surface area contributed by atoms with E-state index in [9.17, 15) is 9.59 Å². The van der Waals surface area contributed by atoms with E-state index in [-0.39, 0.29) is 28.4 Å². The molecule has 0 unspecified atom stereocenters. The van der Waals surface area contributed by atoms with Crippen LogP contribution in [0.4, 0.5) is 0 Å². The van der Waals surface area contributed by atoms with Crippen LogP contribution in [-0.2, 0) is 4.79 Å². The number of hydrogen-bond acceptors (Lipinski definition) is 7. The number of hydrogen-bond donors (Lipinski definition) is 1. The molecule has 0 aliphatic heterocycles. The van der Waals surface area contributed by atoms with Gasteiger partial charge in [0.25, 0.3) is 5.56 Å². The lowest BCUT2D eigenvalue weighted by atomic mass is 10.2. The van der Waals surface area contributed by atoms with Gasteiger partial charge in [-0.3, -0.25) is 14.0 Å². The summed E-state index contributed by atoms with van der Waals surface area (Å²) in [5.41, 5.74) is 7.85. The predicted molar refractivity (Wildman–Crippen MR) is 119 cm³/mol. The summed E-state index contributed by atoms with van der Waals surface area (Å²) in [4.78, 5) is 25.7. The van der Waals surface area contributed by atoms with Crippen molar-refractivity contribution in [3.63, 3.8) is 0 Å². The number of aromatic nitrogens is 4. The number of rotatable bonds is 5. The zero-order chi connectivity index (χ0) is 22.1. The molecule has 0 bridgehead atoms. The lowest BCUT2D eigenvalue weighted by Crippen LogP contribution is -2.22. The normalized spacial score (nSPS) is 12.0. The number of para-hydroxylation sites is 1. The molecule has 0 aliphatic rings. The summed E-state index contributed by atoms with van der Waals surface area (Å²) in [6.45, 7) is 3.46. The second-order valence-electron chi connectivity index (χ2n) is 7.00. The Morgan fingerprint density at radius 3 is 2.68 bits per heavy atom. The highest BCUT2D eigenvalue weighted by molar-refractivity contribution is 7.99. The van der Waals surface area contributed by atoms with E-state index in [0.717, 1.165) is 17.3 Å². The van der Waals surface area contributed by atoms with Gasteiger partial charge in [-0.2, -0.15) is 5.26 Å². The minimum atomic E-state index is -0.388. The van der Waals surface area contributed by atoms with Crippen molar-refractivity contribution in [1.82, 2.24) is 19.2 Å². The molecule has 2 aromatic carbocycles. The Labute approximate surface area is 181 Å². The van der Waals surface area contributed by atoms with Crippen LogP contribution in [-0.4, -0.2) is 30.7 Å². The number of nitrogens with two attached hydrogens (primary N) is 1. The van der Waals surface area contributed by atoms with Crippen LogP contribution in [0, 0.1) is 18.3 Å². The predicted octanol–water partition coefficient (Wildman–Crippen LogP) is 2.76. The van der Waals surface area contributed by atoms with Crippen molar-refractivity contribution >= 4 is 34.2 Å². The van der Waals surface area contributed by atoms with Crippen LogP contribution in [0.5, 0.6) is 0 Å². The molecule has 2 heterocycles. The number of nitriles is 1. The van der Waals surface area contributed by atoms with Gasteiger partial charge in [-0.15, -0.1) is 10.2 Å². The van der Waals surface area contributed by atoms with E-state index in [1.165, 1.54) is 11.5 Å². The van der Waals surface area contributed by atoms with Gasteiger partial charge in [0.15, 0.2) is 10.9 Å². The zero-order valence-electron chi connectivity index (χ0n) is 16.9. The third-order valence-electron chi connectivity index (χ3n) is 4.77. The molecule has 0 saturated heterocycles. The molecule has 0 spiro atoms. The van der Waals surface area contributed by atoms with Crippen molar-refractivity contribution < 1.29 is 4.79 Å². The molecular weight excluding hydrogens is 412 g/mol. The van der Waals surface area contributed by atoms with Crippen molar-refractivity contribution in [2.24, 2.45) is 5.73 Å². The number of thioether (sulfide) groups is 1. The summed E-state index contributed by atoms with van der Waals surface area (Å²) in [5, 5.41) is 18.6. The molecule has 2 aromatic heterocycles. The second kappa shape index (κ2) is 8.08. The van der Waals surface area contributed by atoms with Crippen LogP contribution >= 0.6 is 11.8 Å². The average molecular weight is 430 g/mol. The minimum Gasteiger partial charge on any atom is -0.401 e. The third-order valence-corrected chi connectivity index (χ3v) is 5.70. The maximum absolute atomic E-state index is 13.3. The topological polar surface area (TPSA) is 119 Å².